The Labute approximate surface area is 126 Å². The number of hydrogen-bond donors (Lipinski definition) is 1. The van der Waals surface area contributed by atoms with Crippen LogP contribution in [0.3, 0.4) is 0 Å². The van der Waals surface area contributed by atoms with Crippen molar-refractivity contribution in [2.75, 3.05) is 26.7 Å². The summed E-state index contributed by atoms with van der Waals surface area (Å²) in [6.07, 6.45) is 4.76. The number of rotatable bonds is 6. The normalized spacial score (nSPS) is 18.4. The van der Waals surface area contributed by atoms with Gasteiger partial charge in [0.15, 0.2) is 0 Å². The molecule has 3 nitrogen and oxygen atoms in total. The molecule has 0 bridgehead atoms. The van der Waals surface area contributed by atoms with E-state index in [1.165, 1.54) is 0 Å². The predicted molar refractivity (Wildman–Crippen MR) is 89.3 cm³/mol. The highest BCUT2D eigenvalue weighted by atomic mass is 127. The number of Topliss-reactive ketones (excluding diaryl/α,β-unsaturated/α-hetero) is 1. The molecule has 0 aromatic rings. The third-order valence-electron chi connectivity index (χ3n) is 2.64. The molecule has 0 spiro atoms. The first-order valence-corrected chi connectivity index (χ1v) is 6.27. The van der Waals surface area contributed by atoms with Crippen LogP contribution in [0.15, 0.2) is 12.7 Å². The zero-order valence-electron chi connectivity index (χ0n) is 11.4. The van der Waals surface area contributed by atoms with Crippen LogP contribution in [0.25, 0.3) is 0 Å². The lowest BCUT2D eigenvalue weighted by molar-refractivity contribution is -0.116. The molecule has 1 saturated heterocycles. The summed E-state index contributed by atoms with van der Waals surface area (Å²) in [7, 11) is 2.11. The number of nitrogens with one attached hydrogen (secondary N) is 1. The van der Waals surface area contributed by atoms with Gasteiger partial charge in [-0.1, -0.05) is 19.9 Å². The van der Waals surface area contributed by atoms with Crippen molar-refractivity contribution in [1.29, 1.82) is 0 Å². The van der Waals surface area contributed by atoms with Gasteiger partial charge in [-0.05, 0) is 26.4 Å². The fourth-order valence-electron chi connectivity index (χ4n) is 1.68. The van der Waals surface area contributed by atoms with Crippen molar-refractivity contribution in [2.45, 2.75) is 39.2 Å². The highest BCUT2D eigenvalue weighted by molar-refractivity contribution is 14.0. The van der Waals surface area contributed by atoms with Crippen molar-refractivity contribution < 1.29 is 7.65 Å². The minimum Gasteiger partial charge on any atom is -0.307 e. The second-order valence-corrected chi connectivity index (χ2v) is 3.99. The minimum atomic E-state index is 0. The lowest BCUT2D eigenvalue weighted by Gasteiger charge is -2.17. The Hall–Kier alpha value is 0.0600. The minimum absolute atomic E-state index is 0. The Bertz CT molecular complexity index is 219. The van der Waals surface area contributed by atoms with E-state index in [2.05, 4.69) is 23.8 Å². The predicted octanol–water partition coefficient (Wildman–Crippen LogP) is 2.95. The monoisotopic (exact) mass is 358 g/mol. The van der Waals surface area contributed by atoms with Gasteiger partial charge in [0.05, 0.1) is 6.54 Å². The molecular weight excluding hydrogens is 327 g/mol. The van der Waals surface area contributed by atoms with E-state index >= 15 is 0 Å². The van der Waals surface area contributed by atoms with Crippen LogP contribution in [-0.4, -0.2) is 43.4 Å². The molecule has 1 rings (SSSR count). The van der Waals surface area contributed by atoms with E-state index in [1.807, 2.05) is 19.9 Å². The van der Waals surface area contributed by atoms with Gasteiger partial charge in [-0.25, -0.2) is 0 Å². The van der Waals surface area contributed by atoms with Gasteiger partial charge in [0.2, 0.25) is 0 Å². The van der Waals surface area contributed by atoms with Crippen LogP contribution in [0, 0.1) is 0 Å². The van der Waals surface area contributed by atoms with Gasteiger partial charge in [0, 0.05) is 21.9 Å². The summed E-state index contributed by atoms with van der Waals surface area (Å²) >= 11 is 0. The summed E-state index contributed by atoms with van der Waals surface area (Å²) in [4.78, 5) is 13.3. The van der Waals surface area contributed by atoms with E-state index in [9.17, 15) is 4.79 Å². The number of carbonyl (C=O) groups is 1. The Kier molecular flexibility index (Phi) is 14.3. The topological polar surface area (TPSA) is 32.3 Å². The molecule has 4 heteroatoms. The average Bonchev–Trinajstić information content (AvgIpc) is 2.72. The van der Waals surface area contributed by atoms with Crippen LogP contribution in [0.5, 0.6) is 0 Å². The second-order valence-electron chi connectivity index (χ2n) is 3.99. The first-order chi connectivity index (χ1) is 7.72. The molecule has 1 heterocycles. The number of hydrogen-bond acceptors (Lipinski definition) is 3. The van der Waals surface area contributed by atoms with Crippen LogP contribution in [0.4, 0.5) is 0 Å². The van der Waals surface area contributed by atoms with Gasteiger partial charge >= 0.3 is 0 Å². The van der Waals surface area contributed by atoms with Gasteiger partial charge < -0.3 is 10.2 Å². The van der Waals surface area contributed by atoms with Crippen molar-refractivity contribution in [3.63, 3.8) is 0 Å². The van der Waals surface area contributed by atoms with Gasteiger partial charge in [-0.2, -0.15) is 0 Å². The lowest BCUT2D eigenvalue weighted by atomic mass is 10.1. The SMILES string of the molecule is C=CCCN(C)CCC1CC(=O)CN1.CC.I.[HH].[HH]. The van der Waals surface area contributed by atoms with Crippen molar-refractivity contribution in [3.8, 4) is 0 Å². The highest BCUT2D eigenvalue weighted by Crippen LogP contribution is 2.06. The third kappa shape index (κ3) is 9.73. The van der Waals surface area contributed by atoms with Crippen molar-refractivity contribution >= 4 is 29.8 Å². The zero-order chi connectivity index (χ0) is 12.4. The first-order valence-electron chi connectivity index (χ1n) is 6.27. The zero-order valence-corrected chi connectivity index (χ0v) is 13.7. The molecule has 1 unspecified atom stereocenters. The smallest absolute Gasteiger partial charge is 0.148 e. The summed E-state index contributed by atoms with van der Waals surface area (Å²) in [6, 6.07) is 0.411. The molecule has 1 N–H and O–H groups in total. The fourth-order valence-corrected chi connectivity index (χ4v) is 1.68. The number of carbonyl (C=O) groups excluding carboxylic acids is 1. The maximum absolute atomic E-state index is 11.0. The summed E-state index contributed by atoms with van der Waals surface area (Å²) in [6.45, 7) is 10.4. The molecule has 0 aromatic carbocycles. The first kappa shape index (κ1) is 19.4. The van der Waals surface area contributed by atoms with Gasteiger partial charge in [-0.15, -0.1) is 30.6 Å². The molecule has 1 atom stereocenters. The summed E-state index contributed by atoms with van der Waals surface area (Å²) in [5.41, 5.74) is 0. The van der Waals surface area contributed by atoms with E-state index in [4.69, 9.17) is 0 Å². The maximum Gasteiger partial charge on any atom is 0.148 e. The standard InChI is InChI=1S/C11H20N2O.C2H6.HI.2H2/c1-3-4-6-13(2)7-5-10-8-11(14)9-12-10;1-2;;;/h3,10,12H,1,4-9H2,2H3;1-2H3;3*1H. The van der Waals surface area contributed by atoms with E-state index in [-0.39, 0.29) is 26.8 Å². The van der Waals surface area contributed by atoms with Gasteiger partial charge in [-0.3, -0.25) is 4.79 Å². The molecule has 0 amide bonds. The van der Waals surface area contributed by atoms with E-state index in [0.29, 0.717) is 18.4 Å². The Balaban J connectivity index is -0.000000214. The fraction of sp³-hybridized carbons (Fsp3) is 0.769. The molecule has 0 saturated carbocycles. The molecule has 0 aromatic heterocycles. The Morgan fingerprint density at radius 3 is 2.65 bits per heavy atom. The Morgan fingerprint density at radius 2 is 2.18 bits per heavy atom. The van der Waals surface area contributed by atoms with E-state index in [0.717, 1.165) is 32.4 Å². The molecule has 1 aliphatic rings. The quantitative estimate of drug-likeness (QED) is 0.585. The lowest BCUT2D eigenvalue weighted by Crippen LogP contribution is -2.28. The Morgan fingerprint density at radius 1 is 1.53 bits per heavy atom. The average molecular weight is 358 g/mol. The van der Waals surface area contributed by atoms with Crippen molar-refractivity contribution in [3.05, 3.63) is 12.7 Å². The van der Waals surface area contributed by atoms with Crippen LogP contribution in [0.2, 0.25) is 0 Å². The van der Waals surface area contributed by atoms with Crippen LogP contribution in [0.1, 0.15) is 36.0 Å². The molecule has 1 aliphatic heterocycles. The summed E-state index contributed by atoms with van der Waals surface area (Å²) in [5, 5.41) is 3.22. The molecule has 1 fully saturated rings. The summed E-state index contributed by atoms with van der Waals surface area (Å²) in [5.74, 6) is 0.351. The summed E-state index contributed by atoms with van der Waals surface area (Å²) < 4.78 is 0. The van der Waals surface area contributed by atoms with E-state index in [1.54, 1.807) is 0 Å². The maximum atomic E-state index is 11.0. The van der Waals surface area contributed by atoms with Gasteiger partial charge in [0.25, 0.3) is 0 Å². The van der Waals surface area contributed by atoms with Crippen molar-refractivity contribution in [1.82, 2.24) is 10.2 Å². The highest BCUT2D eigenvalue weighted by Gasteiger charge is 2.20. The molecular formula is C13H31IN2O. The third-order valence-corrected chi connectivity index (χ3v) is 2.64. The number of ketones is 1. The number of halogens is 1. The molecule has 0 aliphatic carbocycles. The largest absolute Gasteiger partial charge is 0.307 e. The number of nitrogens with zero attached hydrogens (tertiary/aromatic N) is 1. The van der Waals surface area contributed by atoms with Crippen molar-refractivity contribution in [2.24, 2.45) is 0 Å². The van der Waals surface area contributed by atoms with Crippen LogP contribution in [-0.2, 0) is 4.79 Å². The van der Waals surface area contributed by atoms with Crippen LogP contribution >= 0.6 is 24.0 Å². The van der Waals surface area contributed by atoms with E-state index < -0.39 is 0 Å². The molecule has 0 radical (unpaired) electrons. The molecule has 17 heavy (non-hydrogen) atoms. The van der Waals surface area contributed by atoms with Gasteiger partial charge in [0.1, 0.15) is 5.78 Å². The van der Waals surface area contributed by atoms with Crippen LogP contribution < -0.4 is 5.32 Å². The second kappa shape index (κ2) is 12.5. The molecule has 106 valence electrons.